The number of alkyl halides is 3. The van der Waals surface area contributed by atoms with Crippen LogP contribution >= 0.6 is 15.9 Å². The van der Waals surface area contributed by atoms with Crippen molar-refractivity contribution in [3.63, 3.8) is 0 Å². The number of hydrogen-bond donors (Lipinski definition) is 0. The fourth-order valence-corrected chi connectivity index (χ4v) is 1.78. The topological polar surface area (TPSA) is 20.3 Å². The summed E-state index contributed by atoms with van der Waals surface area (Å²) in [7, 11) is 0. The number of carbonyl (C=O) groups excluding carboxylic acids is 1. The van der Waals surface area contributed by atoms with Crippen LogP contribution in [0.25, 0.3) is 0 Å². The Labute approximate surface area is 112 Å². The average molecular weight is 324 g/mol. The van der Waals surface area contributed by atoms with Crippen LogP contribution in [0.4, 0.5) is 13.2 Å². The molecule has 0 radical (unpaired) electrons. The summed E-state index contributed by atoms with van der Waals surface area (Å²) in [5.41, 5.74) is 0.260. The summed E-state index contributed by atoms with van der Waals surface area (Å²) in [6.07, 6.45) is -3.89. The molecule has 0 unspecified atom stereocenters. The van der Waals surface area contributed by atoms with Crippen molar-refractivity contribution in [2.75, 3.05) is 13.1 Å². The smallest absolute Gasteiger partial charge is 0.330 e. The van der Waals surface area contributed by atoms with Crippen LogP contribution in [0.3, 0.4) is 0 Å². The normalized spacial score (nSPS) is 11.4. The lowest BCUT2D eigenvalue weighted by Crippen LogP contribution is -2.39. The molecule has 1 rings (SSSR count). The van der Waals surface area contributed by atoms with Crippen LogP contribution in [0, 0.1) is 0 Å². The van der Waals surface area contributed by atoms with Gasteiger partial charge in [-0.3, -0.25) is 4.79 Å². The summed E-state index contributed by atoms with van der Waals surface area (Å²) in [6.45, 7) is 0.613. The molecule has 0 aliphatic rings. The Morgan fingerprint density at radius 1 is 1.28 bits per heavy atom. The molecule has 0 N–H and O–H groups in total. The van der Waals surface area contributed by atoms with Gasteiger partial charge in [0.15, 0.2) is 0 Å². The van der Waals surface area contributed by atoms with Gasteiger partial charge in [0.1, 0.15) is 6.54 Å². The molecule has 0 saturated carbocycles. The summed E-state index contributed by atoms with van der Waals surface area (Å²) in [6, 6.07) is 6.27. The van der Waals surface area contributed by atoms with Crippen molar-refractivity contribution < 1.29 is 18.0 Å². The molecule has 100 valence electrons. The third kappa shape index (κ3) is 4.68. The molecule has 1 aromatic carbocycles. The van der Waals surface area contributed by atoms with Crippen LogP contribution in [0.15, 0.2) is 28.7 Å². The first-order valence-electron chi connectivity index (χ1n) is 5.45. The predicted octanol–water partition coefficient (Wildman–Crippen LogP) is 3.86. The molecular weight excluding hydrogens is 311 g/mol. The number of carbonyl (C=O) groups is 1. The monoisotopic (exact) mass is 323 g/mol. The van der Waals surface area contributed by atoms with E-state index in [1.165, 1.54) is 12.1 Å². The third-order valence-electron chi connectivity index (χ3n) is 2.24. The number of halogens is 4. The number of benzene rings is 1. The minimum atomic E-state index is -4.37. The summed E-state index contributed by atoms with van der Waals surface area (Å²) in [5.74, 6) is -0.596. The molecule has 1 amide bonds. The summed E-state index contributed by atoms with van der Waals surface area (Å²) >= 11 is 3.21. The highest BCUT2D eigenvalue weighted by Gasteiger charge is 2.32. The second kappa shape index (κ2) is 6.22. The van der Waals surface area contributed by atoms with E-state index >= 15 is 0 Å². The van der Waals surface area contributed by atoms with E-state index in [4.69, 9.17) is 0 Å². The maximum absolute atomic E-state index is 12.4. The summed E-state index contributed by atoms with van der Waals surface area (Å²) < 4.78 is 37.9. The lowest BCUT2D eigenvalue weighted by atomic mass is 10.2. The van der Waals surface area contributed by atoms with Crippen LogP contribution < -0.4 is 0 Å². The van der Waals surface area contributed by atoms with Crippen LogP contribution in [-0.4, -0.2) is 30.1 Å². The Morgan fingerprint density at radius 3 is 2.28 bits per heavy atom. The molecule has 0 heterocycles. The van der Waals surface area contributed by atoms with Crippen molar-refractivity contribution >= 4 is 21.8 Å². The lowest BCUT2D eigenvalue weighted by molar-refractivity contribution is -0.140. The van der Waals surface area contributed by atoms with E-state index in [-0.39, 0.29) is 12.1 Å². The van der Waals surface area contributed by atoms with Crippen molar-refractivity contribution in [3.8, 4) is 0 Å². The van der Waals surface area contributed by atoms with Gasteiger partial charge in [0, 0.05) is 16.6 Å². The maximum Gasteiger partial charge on any atom is 0.406 e. The van der Waals surface area contributed by atoms with E-state index in [1.54, 1.807) is 19.1 Å². The third-order valence-corrected chi connectivity index (χ3v) is 2.77. The molecule has 0 aromatic heterocycles. The Bertz CT molecular complexity index is 403. The van der Waals surface area contributed by atoms with E-state index in [1.807, 2.05) is 0 Å². The van der Waals surface area contributed by atoms with Crippen molar-refractivity contribution in [3.05, 3.63) is 34.3 Å². The van der Waals surface area contributed by atoms with Gasteiger partial charge in [-0.2, -0.15) is 13.2 Å². The largest absolute Gasteiger partial charge is 0.406 e. The number of hydrogen-bond acceptors (Lipinski definition) is 1. The van der Waals surface area contributed by atoms with Gasteiger partial charge in [-0.15, -0.1) is 0 Å². The van der Waals surface area contributed by atoms with E-state index in [0.29, 0.717) is 6.42 Å². The zero-order valence-electron chi connectivity index (χ0n) is 9.80. The molecule has 18 heavy (non-hydrogen) atoms. The quantitative estimate of drug-likeness (QED) is 0.823. The SMILES string of the molecule is CCCN(CC(F)(F)F)C(=O)c1ccc(Br)cc1. The lowest BCUT2D eigenvalue weighted by Gasteiger charge is -2.23. The maximum atomic E-state index is 12.4. The van der Waals surface area contributed by atoms with Gasteiger partial charge >= 0.3 is 6.18 Å². The molecule has 0 spiro atoms. The fraction of sp³-hybridized carbons (Fsp3) is 0.417. The van der Waals surface area contributed by atoms with Gasteiger partial charge < -0.3 is 4.90 Å². The van der Waals surface area contributed by atoms with Crippen LogP contribution in [0.5, 0.6) is 0 Å². The minimum Gasteiger partial charge on any atom is -0.330 e. The van der Waals surface area contributed by atoms with Crippen LogP contribution in [0.2, 0.25) is 0 Å². The minimum absolute atomic E-state index is 0.0917. The first-order valence-corrected chi connectivity index (χ1v) is 6.24. The van der Waals surface area contributed by atoms with E-state index in [9.17, 15) is 18.0 Å². The Hall–Kier alpha value is -1.04. The zero-order chi connectivity index (χ0) is 13.8. The zero-order valence-corrected chi connectivity index (χ0v) is 11.4. The number of amides is 1. The van der Waals surface area contributed by atoms with Gasteiger partial charge in [0.05, 0.1) is 0 Å². The molecule has 0 fully saturated rings. The molecular formula is C12H13BrF3NO. The van der Waals surface area contributed by atoms with Crippen LogP contribution in [0.1, 0.15) is 23.7 Å². The fourth-order valence-electron chi connectivity index (χ4n) is 1.51. The standard InChI is InChI=1S/C12H13BrF3NO/c1-2-7-17(8-12(14,15)16)11(18)9-3-5-10(13)6-4-9/h3-6H,2,7-8H2,1H3. The highest BCUT2D eigenvalue weighted by atomic mass is 79.9. The van der Waals surface area contributed by atoms with Gasteiger partial charge in [-0.25, -0.2) is 0 Å². The molecule has 6 heteroatoms. The molecule has 0 aliphatic carbocycles. The number of rotatable bonds is 4. The Kier molecular flexibility index (Phi) is 5.19. The first kappa shape index (κ1) is 15.0. The molecule has 0 aliphatic heterocycles. The van der Waals surface area contributed by atoms with Crippen LogP contribution in [-0.2, 0) is 0 Å². The molecule has 0 bridgehead atoms. The summed E-state index contributed by atoms with van der Waals surface area (Å²) in [5, 5.41) is 0. The first-order chi connectivity index (χ1) is 8.33. The average Bonchev–Trinajstić information content (AvgIpc) is 2.27. The van der Waals surface area contributed by atoms with Gasteiger partial charge in [0.25, 0.3) is 5.91 Å². The van der Waals surface area contributed by atoms with Crippen molar-refractivity contribution in [1.29, 1.82) is 0 Å². The molecule has 0 saturated heterocycles. The number of nitrogens with zero attached hydrogens (tertiary/aromatic N) is 1. The van der Waals surface area contributed by atoms with Gasteiger partial charge in [-0.1, -0.05) is 22.9 Å². The van der Waals surface area contributed by atoms with E-state index < -0.39 is 18.6 Å². The molecule has 1 aromatic rings. The van der Waals surface area contributed by atoms with Gasteiger partial charge in [-0.05, 0) is 30.7 Å². The van der Waals surface area contributed by atoms with E-state index in [0.717, 1.165) is 9.37 Å². The van der Waals surface area contributed by atoms with Crippen molar-refractivity contribution in [1.82, 2.24) is 4.90 Å². The molecule has 0 atom stereocenters. The predicted molar refractivity (Wildman–Crippen MR) is 66.4 cm³/mol. The highest BCUT2D eigenvalue weighted by molar-refractivity contribution is 9.10. The highest BCUT2D eigenvalue weighted by Crippen LogP contribution is 2.19. The second-order valence-electron chi connectivity index (χ2n) is 3.85. The van der Waals surface area contributed by atoms with Crippen molar-refractivity contribution in [2.45, 2.75) is 19.5 Å². The molecule has 2 nitrogen and oxygen atoms in total. The Balaban J connectivity index is 2.85. The summed E-state index contributed by atoms with van der Waals surface area (Å²) in [4.78, 5) is 12.8. The second-order valence-corrected chi connectivity index (χ2v) is 4.76. The van der Waals surface area contributed by atoms with E-state index in [2.05, 4.69) is 15.9 Å². The van der Waals surface area contributed by atoms with Gasteiger partial charge in [0.2, 0.25) is 0 Å². The Morgan fingerprint density at radius 2 is 1.83 bits per heavy atom. The van der Waals surface area contributed by atoms with Crippen molar-refractivity contribution in [2.24, 2.45) is 0 Å².